The van der Waals surface area contributed by atoms with E-state index >= 15 is 0 Å². The number of aromatic nitrogens is 2. The van der Waals surface area contributed by atoms with Crippen LogP contribution in [0.4, 0.5) is 0 Å². The highest BCUT2D eigenvalue weighted by Crippen LogP contribution is 2.29. The molecular weight excluding hydrogens is 336 g/mol. The van der Waals surface area contributed by atoms with Gasteiger partial charge in [-0.05, 0) is 37.8 Å². The van der Waals surface area contributed by atoms with Crippen molar-refractivity contribution < 1.29 is 4.79 Å². The summed E-state index contributed by atoms with van der Waals surface area (Å²) in [7, 11) is 0. The lowest BCUT2D eigenvalue weighted by Gasteiger charge is -2.33. The molecule has 142 valence electrons. The number of nitrogens with zero attached hydrogens (tertiary/aromatic N) is 4. The van der Waals surface area contributed by atoms with Gasteiger partial charge < -0.3 is 4.90 Å². The van der Waals surface area contributed by atoms with Crippen LogP contribution in [0.3, 0.4) is 0 Å². The zero-order valence-electron chi connectivity index (χ0n) is 16.4. The van der Waals surface area contributed by atoms with Gasteiger partial charge in [-0.15, -0.1) is 0 Å². The van der Waals surface area contributed by atoms with Crippen LogP contribution in [-0.4, -0.2) is 45.1 Å². The van der Waals surface area contributed by atoms with E-state index in [4.69, 9.17) is 16.7 Å². The molecule has 2 aliphatic rings. The van der Waals surface area contributed by atoms with Crippen molar-refractivity contribution in [1.29, 1.82) is 0 Å². The highest BCUT2D eigenvalue weighted by molar-refractivity contribution is 6.31. The molecule has 0 spiro atoms. The second-order valence-electron chi connectivity index (χ2n) is 7.23. The number of halogens is 1. The van der Waals surface area contributed by atoms with Gasteiger partial charge in [0.1, 0.15) is 0 Å². The fourth-order valence-corrected chi connectivity index (χ4v) is 3.96. The topological polar surface area (TPSA) is 41.4 Å². The number of rotatable bonds is 3. The van der Waals surface area contributed by atoms with Crippen molar-refractivity contribution in [1.82, 2.24) is 19.6 Å². The molecular formula is C19H33ClN4O. The lowest BCUT2D eigenvalue weighted by Crippen LogP contribution is -2.37. The molecule has 0 N–H and O–H groups in total. The van der Waals surface area contributed by atoms with Crippen molar-refractivity contribution in [3.63, 3.8) is 0 Å². The Balaban J connectivity index is 0.00000109. The Kier molecular flexibility index (Phi) is 7.32. The van der Waals surface area contributed by atoms with E-state index in [1.54, 1.807) is 6.92 Å². The molecule has 0 atom stereocenters. The zero-order chi connectivity index (χ0) is 18.6. The van der Waals surface area contributed by atoms with E-state index in [-0.39, 0.29) is 5.91 Å². The Morgan fingerprint density at radius 1 is 1.20 bits per heavy atom. The van der Waals surface area contributed by atoms with Crippen molar-refractivity contribution in [2.75, 3.05) is 19.6 Å². The Hall–Kier alpha value is -1.07. The Morgan fingerprint density at radius 3 is 2.40 bits per heavy atom. The SMILES string of the molecule is CC.CC(=O)N1CCn2nc(CN3CCC(C(C)C)CC3)c(Cl)c2C1. The van der Waals surface area contributed by atoms with Crippen LogP contribution < -0.4 is 0 Å². The Morgan fingerprint density at radius 2 is 1.84 bits per heavy atom. The summed E-state index contributed by atoms with van der Waals surface area (Å²) in [6, 6.07) is 0. The first kappa shape index (κ1) is 20.2. The predicted octanol–water partition coefficient (Wildman–Crippen LogP) is 3.79. The first-order chi connectivity index (χ1) is 12.0. The number of hydrogen-bond acceptors (Lipinski definition) is 3. The van der Waals surface area contributed by atoms with E-state index in [0.717, 1.165) is 61.0 Å². The second-order valence-corrected chi connectivity index (χ2v) is 7.61. The number of likely N-dealkylation sites (tertiary alicyclic amines) is 1. The van der Waals surface area contributed by atoms with E-state index in [9.17, 15) is 4.79 Å². The van der Waals surface area contributed by atoms with E-state index in [1.807, 2.05) is 23.4 Å². The molecule has 1 aromatic rings. The summed E-state index contributed by atoms with van der Waals surface area (Å²) in [6.07, 6.45) is 2.53. The molecule has 0 unspecified atom stereocenters. The third kappa shape index (κ3) is 4.76. The molecule has 6 heteroatoms. The van der Waals surface area contributed by atoms with Crippen LogP contribution in [0.5, 0.6) is 0 Å². The molecule has 1 saturated heterocycles. The lowest BCUT2D eigenvalue weighted by molar-refractivity contribution is -0.130. The highest BCUT2D eigenvalue weighted by atomic mass is 35.5. The molecule has 1 fully saturated rings. The minimum Gasteiger partial charge on any atom is -0.335 e. The average Bonchev–Trinajstić information content (AvgIpc) is 2.92. The average molecular weight is 369 g/mol. The minimum atomic E-state index is 0.103. The molecule has 0 bridgehead atoms. The van der Waals surface area contributed by atoms with E-state index in [2.05, 4.69) is 18.7 Å². The summed E-state index contributed by atoms with van der Waals surface area (Å²) in [6.45, 7) is 15.4. The summed E-state index contributed by atoms with van der Waals surface area (Å²) < 4.78 is 1.98. The van der Waals surface area contributed by atoms with Crippen molar-refractivity contribution in [3.8, 4) is 0 Å². The van der Waals surface area contributed by atoms with Gasteiger partial charge in [0, 0.05) is 20.0 Å². The van der Waals surface area contributed by atoms with Gasteiger partial charge in [-0.2, -0.15) is 5.10 Å². The molecule has 1 amide bonds. The van der Waals surface area contributed by atoms with Gasteiger partial charge in [-0.25, -0.2) is 0 Å². The van der Waals surface area contributed by atoms with E-state index in [0.29, 0.717) is 6.54 Å². The summed E-state index contributed by atoms with van der Waals surface area (Å²) >= 11 is 6.56. The maximum absolute atomic E-state index is 11.6. The van der Waals surface area contributed by atoms with Gasteiger partial charge in [0.2, 0.25) is 5.91 Å². The number of carbonyl (C=O) groups is 1. The van der Waals surface area contributed by atoms with Gasteiger partial charge >= 0.3 is 0 Å². The number of amides is 1. The molecule has 3 heterocycles. The third-order valence-electron chi connectivity index (χ3n) is 5.38. The summed E-state index contributed by atoms with van der Waals surface area (Å²) in [5.74, 6) is 1.73. The van der Waals surface area contributed by atoms with Gasteiger partial charge in [0.25, 0.3) is 0 Å². The fraction of sp³-hybridized carbons (Fsp3) is 0.789. The molecule has 0 radical (unpaired) electrons. The first-order valence-corrected chi connectivity index (χ1v) is 10.1. The van der Waals surface area contributed by atoms with E-state index in [1.165, 1.54) is 12.8 Å². The molecule has 2 aliphatic heterocycles. The lowest BCUT2D eigenvalue weighted by atomic mass is 9.87. The van der Waals surface area contributed by atoms with Crippen LogP contribution in [0.15, 0.2) is 0 Å². The van der Waals surface area contributed by atoms with Crippen molar-refractivity contribution >= 4 is 17.5 Å². The van der Waals surface area contributed by atoms with E-state index < -0.39 is 0 Å². The standard InChI is InChI=1S/C17H27ClN4O.C2H6/c1-12(2)14-4-6-20(7-5-14)10-15-17(18)16-11-21(13(3)23)8-9-22(16)19-15;1-2/h12,14H,4-11H2,1-3H3;1-2H3. The highest BCUT2D eigenvalue weighted by Gasteiger charge is 2.27. The predicted molar refractivity (Wildman–Crippen MR) is 103 cm³/mol. The third-order valence-corrected chi connectivity index (χ3v) is 5.81. The second kappa shape index (κ2) is 9.04. The van der Waals surface area contributed by atoms with Gasteiger partial charge in [-0.1, -0.05) is 39.3 Å². The maximum atomic E-state index is 11.6. The molecule has 25 heavy (non-hydrogen) atoms. The van der Waals surface area contributed by atoms with Crippen LogP contribution in [0.1, 0.15) is 58.8 Å². The normalized spacial score (nSPS) is 18.8. The van der Waals surface area contributed by atoms with Gasteiger partial charge in [-0.3, -0.25) is 14.4 Å². The van der Waals surface area contributed by atoms with Crippen LogP contribution in [0, 0.1) is 11.8 Å². The Labute approximate surface area is 157 Å². The van der Waals surface area contributed by atoms with Gasteiger partial charge in [0.15, 0.2) is 0 Å². The number of carbonyl (C=O) groups excluding carboxylic acids is 1. The molecule has 0 saturated carbocycles. The quantitative estimate of drug-likeness (QED) is 0.814. The number of piperidine rings is 1. The molecule has 0 aromatic carbocycles. The Bertz CT molecular complexity index is 576. The number of hydrogen-bond donors (Lipinski definition) is 0. The molecule has 1 aromatic heterocycles. The summed E-state index contributed by atoms with van der Waals surface area (Å²) in [5.41, 5.74) is 1.95. The van der Waals surface area contributed by atoms with Crippen LogP contribution >= 0.6 is 11.6 Å². The fourth-order valence-electron chi connectivity index (χ4n) is 3.70. The molecule has 0 aliphatic carbocycles. The minimum absolute atomic E-state index is 0.103. The van der Waals surface area contributed by atoms with Crippen LogP contribution in [0.25, 0.3) is 0 Å². The zero-order valence-corrected chi connectivity index (χ0v) is 17.1. The van der Waals surface area contributed by atoms with Crippen LogP contribution in [-0.2, 0) is 24.4 Å². The molecule has 3 rings (SSSR count). The first-order valence-electron chi connectivity index (χ1n) is 9.67. The van der Waals surface area contributed by atoms with Crippen molar-refractivity contribution in [2.24, 2.45) is 11.8 Å². The smallest absolute Gasteiger partial charge is 0.219 e. The van der Waals surface area contributed by atoms with Crippen molar-refractivity contribution in [2.45, 2.75) is 67.1 Å². The van der Waals surface area contributed by atoms with Crippen LogP contribution in [0.2, 0.25) is 5.02 Å². The van der Waals surface area contributed by atoms with Crippen molar-refractivity contribution in [3.05, 3.63) is 16.4 Å². The molecule has 5 nitrogen and oxygen atoms in total. The number of fused-ring (bicyclic) bond motifs is 1. The van der Waals surface area contributed by atoms with Gasteiger partial charge in [0.05, 0.1) is 29.5 Å². The monoisotopic (exact) mass is 368 g/mol. The maximum Gasteiger partial charge on any atom is 0.219 e. The summed E-state index contributed by atoms with van der Waals surface area (Å²) in [4.78, 5) is 15.9. The largest absolute Gasteiger partial charge is 0.335 e. The summed E-state index contributed by atoms with van der Waals surface area (Å²) in [5, 5.41) is 5.45.